The average Bonchev–Trinajstić information content (AvgIpc) is 2.35. The predicted molar refractivity (Wildman–Crippen MR) is 69.0 cm³/mol. The summed E-state index contributed by atoms with van der Waals surface area (Å²) >= 11 is 17.1. The van der Waals surface area contributed by atoms with E-state index in [1.54, 1.807) is 6.07 Å². The third-order valence-electron chi connectivity index (χ3n) is 2.31. The van der Waals surface area contributed by atoms with Gasteiger partial charge in [-0.25, -0.2) is 9.37 Å². The second-order valence-corrected chi connectivity index (χ2v) is 4.61. The molecule has 1 heterocycles. The number of aromatic nitrogens is 2. The Hall–Kier alpha value is -1.10. The van der Waals surface area contributed by atoms with Gasteiger partial charge in [0.2, 0.25) is 0 Å². The van der Waals surface area contributed by atoms with Crippen LogP contribution >= 0.6 is 34.8 Å². The second kappa shape index (κ2) is 5.26. The zero-order valence-electron chi connectivity index (χ0n) is 8.83. The van der Waals surface area contributed by atoms with Crippen LogP contribution in [0.1, 0.15) is 5.56 Å². The third kappa shape index (κ3) is 2.51. The fraction of sp³-hybridized carbons (Fsp3) is 0.0909. The Kier molecular flexibility index (Phi) is 3.90. The van der Waals surface area contributed by atoms with Crippen molar-refractivity contribution in [2.75, 3.05) is 0 Å². The molecule has 0 aliphatic heterocycles. The molecule has 0 aliphatic rings. The Morgan fingerprint density at radius 1 is 1.22 bits per heavy atom. The van der Waals surface area contributed by atoms with Crippen molar-refractivity contribution >= 4 is 34.8 Å². The quantitative estimate of drug-likeness (QED) is 0.797. The van der Waals surface area contributed by atoms with E-state index >= 15 is 0 Å². The number of nitrogens with zero attached hydrogens (tertiary/aromatic N) is 2. The van der Waals surface area contributed by atoms with E-state index in [1.807, 2.05) is 0 Å². The summed E-state index contributed by atoms with van der Waals surface area (Å²) in [5, 5.41) is -0.273. The van der Waals surface area contributed by atoms with E-state index in [2.05, 4.69) is 4.98 Å². The largest absolute Gasteiger partial charge is 0.293 e. The zero-order chi connectivity index (χ0) is 13.3. The Balaban J connectivity index is 2.44. The minimum Gasteiger partial charge on any atom is -0.293 e. The van der Waals surface area contributed by atoms with Crippen molar-refractivity contribution in [2.24, 2.45) is 0 Å². The van der Waals surface area contributed by atoms with Crippen molar-refractivity contribution in [2.45, 2.75) is 6.54 Å². The molecule has 1 aromatic carbocycles. The SMILES string of the molecule is O=c1c(Cl)c(Cl)ncn1Cc1cccc(F)c1Cl. The average molecular weight is 308 g/mol. The maximum Gasteiger partial charge on any atom is 0.273 e. The smallest absolute Gasteiger partial charge is 0.273 e. The van der Waals surface area contributed by atoms with Gasteiger partial charge in [0.05, 0.1) is 17.9 Å². The van der Waals surface area contributed by atoms with E-state index in [1.165, 1.54) is 23.0 Å². The van der Waals surface area contributed by atoms with E-state index < -0.39 is 11.4 Å². The zero-order valence-corrected chi connectivity index (χ0v) is 11.1. The van der Waals surface area contributed by atoms with E-state index in [0.717, 1.165) is 0 Å². The summed E-state index contributed by atoms with van der Waals surface area (Å²) in [7, 11) is 0. The standard InChI is InChI=1S/C11H6Cl3FN2O/c12-8-6(2-1-3-7(8)15)4-17-5-16-10(14)9(13)11(17)18/h1-3,5H,4H2. The van der Waals surface area contributed by atoms with Gasteiger partial charge in [-0.2, -0.15) is 0 Å². The molecule has 0 radical (unpaired) electrons. The van der Waals surface area contributed by atoms with Gasteiger partial charge < -0.3 is 0 Å². The molecule has 2 aromatic rings. The number of halogens is 4. The second-order valence-electron chi connectivity index (χ2n) is 3.50. The van der Waals surface area contributed by atoms with Gasteiger partial charge in [0.1, 0.15) is 10.8 Å². The van der Waals surface area contributed by atoms with Crippen molar-refractivity contribution in [1.29, 1.82) is 0 Å². The van der Waals surface area contributed by atoms with Crippen molar-refractivity contribution in [3.63, 3.8) is 0 Å². The Morgan fingerprint density at radius 2 is 1.94 bits per heavy atom. The Bertz CT molecular complexity index is 657. The third-order valence-corrected chi connectivity index (χ3v) is 3.46. The van der Waals surface area contributed by atoms with Crippen molar-refractivity contribution in [3.05, 3.63) is 61.5 Å². The Labute approximate surface area is 117 Å². The maximum atomic E-state index is 13.2. The molecule has 0 atom stereocenters. The first-order valence-electron chi connectivity index (χ1n) is 4.84. The van der Waals surface area contributed by atoms with Crippen LogP contribution in [0.4, 0.5) is 4.39 Å². The number of benzene rings is 1. The molecule has 0 aliphatic carbocycles. The molecule has 0 saturated heterocycles. The van der Waals surface area contributed by atoms with Gasteiger partial charge in [-0.05, 0) is 11.6 Å². The van der Waals surface area contributed by atoms with Crippen LogP contribution in [0.25, 0.3) is 0 Å². The molecule has 7 heteroatoms. The summed E-state index contributed by atoms with van der Waals surface area (Å²) < 4.78 is 14.4. The molecule has 0 bridgehead atoms. The number of hydrogen-bond donors (Lipinski definition) is 0. The molecule has 0 fully saturated rings. The van der Waals surface area contributed by atoms with Gasteiger partial charge in [-0.3, -0.25) is 9.36 Å². The molecule has 0 amide bonds. The van der Waals surface area contributed by atoms with E-state index in [-0.39, 0.29) is 21.7 Å². The number of rotatable bonds is 2. The van der Waals surface area contributed by atoms with Crippen molar-refractivity contribution in [1.82, 2.24) is 9.55 Å². The topological polar surface area (TPSA) is 34.9 Å². The van der Waals surface area contributed by atoms with Gasteiger partial charge in [0, 0.05) is 0 Å². The number of hydrogen-bond acceptors (Lipinski definition) is 2. The van der Waals surface area contributed by atoms with Gasteiger partial charge in [0.15, 0.2) is 5.15 Å². The highest BCUT2D eigenvalue weighted by Crippen LogP contribution is 2.20. The lowest BCUT2D eigenvalue weighted by Gasteiger charge is -2.08. The molecule has 0 saturated carbocycles. The maximum absolute atomic E-state index is 13.2. The van der Waals surface area contributed by atoms with E-state index in [4.69, 9.17) is 34.8 Å². The van der Waals surface area contributed by atoms with Gasteiger partial charge in [-0.15, -0.1) is 0 Å². The van der Waals surface area contributed by atoms with Crippen LogP contribution in [0.3, 0.4) is 0 Å². The van der Waals surface area contributed by atoms with E-state index in [0.29, 0.717) is 5.56 Å². The van der Waals surface area contributed by atoms with Gasteiger partial charge in [-0.1, -0.05) is 46.9 Å². The summed E-state index contributed by atoms with van der Waals surface area (Å²) in [6.07, 6.45) is 1.23. The molecule has 0 N–H and O–H groups in total. The molecule has 2 rings (SSSR count). The minimum absolute atomic E-state index is 0.0320. The van der Waals surface area contributed by atoms with Crippen LogP contribution < -0.4 is 5.56 Å². The molecule has 0 unspecified atom stereocenters. The van der Waals surface area contributed by atoms with Gasteiger partial charge >= 0.3 is 0 Å². The summed E-state index contributed by atoms with van der Waals surface area (Å²) in [4.78, 5) is 15.5. The van der Waals surface area contributed by atoms with Crippen LogP contribution in [0.2, 0.25) is 15.2 Å². The molecule has 94 valence electrons. The highest BCUT2D eigenvalue weighted by Gasteiger charge is 2.10. The van der Waals surface area contributed by atoms with E-state index in [9.17, 15) is 9.18 Å². The first-order valence-corrected chi connectivity index (χ1v) is 5.97. The first kappa shape index (κ1) is 13.3. The Morgan fingerprint density at radius 3 is 2.67 bits per heavy atom. The molecule has 18 heavy (non-hydrogen) atoms. The van der Waals surface area contributed by atoms with Crippen LogP contribution in [0.15, 0.2) is 29.3 Å². The highest BCUT2D eigenvalue weighted by molar-refractivity contribution is 6.40. The molecular weight excluding hydrogens is 301 g/mol. The fourth-order valence-electron chi connectivity index (χ4n) is 1.41. The lowest BCUT2D eigenvalue weighted by Crippen LogP contribution is -2.21. The van der Waals surface area contributed by atoms with Crippen LogP contribution in [-0.4, -0.2) is 9.55 Å². The summed E-state index contributed by atoms with van der Waals surface area (Å²) in [6.45, 7) is 0.0688. The van der Waals surface area contributed by atoms with Crippen molar-refractivity contribution in [3.8, 4) is 0 Å². The highest BCUT2D eigenvalue weighted by atomic mass is 35.5. The molecule has 1 aromatic heterocycles. The summed E-state index contributed by atoms with van der Waals surface area (Å²) in [5.74, 6) is -0.546. The minimum atomic E-state index is -0.546. The van der Waals surface area contributed by atoms with Crippen LogP contribution in [0.5, 0.6) is 0 Å². The lowest BCUT2D eigenvalue weighted by atomic mass is 10.2. The normalized spacial score (nSPS) is 10.7. The van der Waals surface area contributed by atoms with Crippen LogP contribution in [0, 0.1) is 5.82 Å². The fourth-order valence-corrected chi connectivity index (χ4v) is 1.88. The summed E-state index contributed by atoms with van der Waals surface area (Å²) in [5.41, 5.74) is -0.0454. The molecular formula is C11H6Cl3FN2O. The van der Waals surface area contributed by atoms with Crippen molar-refractivity contribution < 1.29 is 4.39 Å². The monoisotopic (exact) mass is 306 g/mol. The lowest BCUT2D eigenvalue weighted by molar-refractivity contribution is 0.622. The predicted octanol–water partition coefficient (Wildman–Crippen LogP) is 3.39. The first-order chi connectivity index (χ1) is 8.50. The molecule has 3 nitrogen and oxygen atoms in total. The summed E-state index contributed by atoms with van der Waals surface area (Å²) in [6, 6.07) is 4.36. The van der Waals surface area contributed by atoms with Crippen LogP contribution in [-0.2, 0) is 6.54 Å². The molecule has 0 spiro atoms. The van der Waals surface area contributed by atoms with Gasteiger partial charge in [0.25, 0.3) is 5.56 Å².